The zero-order valence-electron chi connectivity index (χ0n) is 12.9. The van der Waals surface area contributed by atoms with Gasteiger partial charge in [0.15, 0.2) is 0 Å². The molecule has 112 valence electrons. The van der Waals surface area contributed by atoms with Crippen molar-refractivity contribution in [3.63, 3.8) is 0 Å². The van der Waals surface area contributed by atoms with E-state index in [-0.39, 0.29) is 24.3 Å². The number of ether oxygens (including phenoxy) is 1. The quantitative estimate of drug-likeness (QED) is 0.840. The molecule has 0 aliphatic carbocycles. The summed E-state index contributed by atoms with van der Waals surface area (Å²) >= 11 is 0. The summed E-state index contributed by atoms with van der Waals surface area (Å²) in [6, 6.07) is 7.53. The maximum absolute atomic E-state index is 12.3. The summed E-state index contributed by atoms with van der Waals surface area (Å²) in [6.45, 7) is 7.61. The van der Waals surface area contributed by atoms with Crippen LogP contribution < -0.4 is 10.1 Å². The number of hydrogen-bond acceptors (Lipinski definition) is 3. The lowest BCUT2D eigenvalue weighted by Crippen LogP contribution is -2.41. The second-order valence-electron chi connectivity index (χ2n) is 6.03. The molecule has 0 aliphatic heterocycles. The number of methoxy groups -OCH3 is 1. The molecule has 0 fully saturated rings. The van der Waals surface area contributed by atoms with Crippen LogP contribution in [-0.4, -0.2) is 30.3 Å². The Morgan fingerprint density at radius 3 is 2.25 bits per heavy atom. The van der Waals surface area contributed by atoms with Crippen LogP contribution in [0.15, 0.2) is 24.3 Å². The van der Waals surface area contributed by atoms with E-state index in [2.05, 4.69) is 5.32 Å². The van der Waals surface area contributed by atoms with Crippen molar-refractivity contribution >= 4 is 5.91 Å². The van der Waals surface area contributed by atoms with Crippen molar-refractivity contribution in [2.24, 2.45) is 5.92 Å². The molecular formula is C16H25NO3. The van der Waals surface area contributed by atoms with E-state index in [1.165, 1.54) is 0 Å². The summed E-state index contributed by atoms with van der Waals surface area (Å²) in [5.41, 5.74) is 0.0472. The molecule has 1 amide bonds. The van der Waals surface area contributed by atoms with Crippen LogP contribution in [0.3, 0.4) is 0 Å². The van der Waals surface area contributed by atoms with Gasteiger partial charge in [0.25, 0.3) is 0 Å². The van der Waals surface area contributed by atoms with Gasteiger partial charge in [-0.05, 0) is 37.5 Å². The number of benzene rings is 1. The summed E-state index contributed by atoms with van der Waals surface area (Å²) in [5, 5.41) is 12.5. The van der Waals surface area contributed by atoms with Crippen LogP contribution in [0.1, 0.15) is 39.2 Å². The summed E-state index contributed by atoms with van der Waals surface area (Å²) in [5.74, 6) is 0.647. The van der Waals surface area contributed by atoms with Crippen molar-refractivity contribution < 1.29 is 14.6 Å². The highest BCUT2D eigenvalue weighted by Gasteiger charge is 2.25. The van der Waals surface area contributed by atoms with E-state index in [9.17, 15) is 9.90 Å². The van der Waals surface area contributed by atoms with Crippen LogP contribution in [0.25, 0.3) is 0 Å². The van der Waals surface area contributed by atoms with E-state index in [4.69, 9.17) is 4.74 Å². The average Bonchev–Trinajstić information content (AvgIpc) is 2.36. The Balaban J connectivity index is 2.85. The Labute approximate surface area is 121 Å². The molecule has 0 saturated heterocycles. The second-order valence-corrected chi connectivity index (χ2v) is 6.03. The Morgan fingerprint density at radius 1 is 1.30 bits per heavy atom. The van der Waals surface area contributed by atoms with Gasteiger partial charge in [-0.25, -0.2) is 0 Å². The number of amides is 1. The average molecular weight is 279 g/mol. The summed E-state index contributed by atoms with van der Waals surface area (Å²) in [7, 11) is 1.62. The molecule has 1 rings (SSSR count). The molecule has 1 unspecified atom stereocenters. The van der Waals surface area contributed by atoms with Crippen LogP contribution in [0.5, 0.6) is 5.75 Å². The summed E-state index contributed by atoms with van der Waals surface area (Å²) in [6.07, 6.45) is 0. The van der Waals surface area contributed by atoms with Gasteiger partial charge in [0.1, 0.15) is 5.75 Å². The topological polar surface area (TPSA) is 58.6 Å². The molecule has 20 heavy (non-hydrogen) atoms. The SMILES string of the molecule is COc1ccc(C(C(=O)NCC(C)(C)O)C(C)C)cc1. The van der Waals surface area contributed by atoms with Crippen LogP contribution in [0.2, 0.25) is 0 Å². The minimum absolute atomic E-state index is 0.0627. The summed E-state index contributed by atoms with van der Waals surface area (Å²) < 4.78 is 5.13. The maximum Gasteiger partial charge on any atom is 0.227 e. The molecule has 0 bridgehead atoms. The zero-order valence-corrected chi connectivity index (χ0v) is 12.9. The number of aliphatic hydroxyl groups is 1. The fourth-order valence-electron chi connectivity index (χ4n) is 2.06. The van der Waals surface area contributed by atoms with E-state index in [0.717, 1.165) is 11.3 Å². The molecule has 0 saturated carbocycles. The molecule has 2 N–H and O–H groups in total. The third kappa shape index (κ3) is 4.85. The van der Waals surface area contributed by atoms with Crippen LogP contribution in [0.4, 0.5) is 0 Å². The van der Waals surface area contributed by atoms with Gasteiger partial charge in [-0.3, -0.25) is 4.79 Å². The smallest absolute Gasteiger partial charge is 0.227 e. The lowest BCUT2D eigenvalue weighted by molar-refractivity contribution is -0.124. The number of hydrogen-bond donors (Lipinski definition) is 2. The highest BCUT2D eigenvalue weighted by Crippen LogP contribution is 2.26. The molecule has 0 spiro atoms. The standard InChI is InChI=1S/C16H25NO3/c1-11(2)14(15(18)17-10-16(3,4)19)12-6-8-13(20-5)9-7-12/h6-9,11,14,19H,10H2,1-5H3,(H,17,18). The van der Waals surface area contributed by atoms with Gasteiger partial charge in [0.2, 0.25) is 5.91 Å². The highest BCUT2D eigenvalue weighted by atomic mass is 16.5. The first-order valence-corrected chi connectivity index (χ1v) is 6.88. The van der Waals surface area contributed by atoms with Crippen molar-refractivity contribution in [2.45, 2.75) is 39.2 Å². The van der Waals surface area contributed by atoms with E-state index < -0.39 is 5.60 Å². The number of rotatable bonds is 6. The first-order chi connectivity index (χ1) is 9.24. The summed E-state index contributed by atoms with van der Waals surface area (Å²) in [4.78, 5) is 12.3. The van der Waals surface area contributed by atoms with Gasteiger partial charge in [-0.2, -0.15) is 0 Å². The Bertz CT molecular complexity index is 432. The first-order valence-electron chi connectivity index (χ1n) is 6.88. The fraction of sp³-hybridized carbons (Fsp3) is 0.562. The normalized spacial score (nSPS) is 13.2. The number of carbonyl (C=O) groups is 1. The highest BCUT2D eigenvalue weighted by molar-refractivity contribution is 5.84. The minimum Gasteiger partial charge on any atom is -0.497 e. The molecule has 4 nitrogen and oxygen atoms in total. The monoisotopic (exact) mass is 279 g/mol. The molecule has 1 aromatic carbocycles. The van der Waals surface area contributed by atoms with E-state index in [1.807, 2.05) is 38.1 Å². The lowest BCUT2D eigenvalue weighted by Gasteiger charge is -2.24. The van der Waals surface area contributed by atoms with Crippen molar-refractivity contribution in [2.75, 3.05) is 13.7 Å². The van der Waals surface area contributed by atoms with Crippen LogP contribution >= 0.6 is 0 Å². The van der Waals surface area contributed by atoms with Crippen LogP contribution in [0, 0.1) is 5.92 Å². The molecule has 0 aliphatic rings. The molecular weight excluding hydrogens is 254 g/mol. The fourth-order valence-corrected chi connectivity index (χ4v) is 2.06. The van der Waals surface area contributed by atoms with Gasteiger partial charge in [0, 0.05) is 6.54 Å². The number of carbonyl (C=O) groups excluding carboxylic acids is 1. The van der Waals surface area contributed by atoms with Crippen molar-refractivity contribution in [1.82, 2.24) is 5.32 Å². The van der Waals surface area contributed by atoms with Gasteiger partial charge in [0.05, 0.1) is 18.6 Å². The molecule has 0 heterocycles. The maximum atomic E-state index is 12.3. The predicted molar refractivity (Wildman–Crippen MR) is 79.9 cm³/mol. The zero-order chi connectivity index (χ0) is 15.3. The van der Waals surface area contributed by atoms with Gasteiger partial charge in [-0.1, -0.05) is 26.0 Å². The third-order valence-corrected chi connectivity index (χ3v) is 3.12. The van der Waals surface area contributed by atoms with Crippen LogP contribution in [-0.2, 0) is 4.79 Å². The Kier molecular flexibility index (Phi) is 5.57. The first kappa shape index (κ1) is 16.5. The van der Waals surface area contributed by atoms with E-state index in [0.29, 0.717) is 0 Å². The van der Waals surface area contributed by atoms with Gasteiger partial charge >= 0.3 is 0 Å². The molecule has 0 aromatic heterocycles. The van der Waals surface area contributed by atoms with Gasteiger partial charge < -0.3 is 15.2 Å². The van der Waals surface area contributed by atoms with Crippen molar-refractivity contribution in [1.29, 1.82) is 0 Å². The minimum atomic E-state index is -0.906. The van der Waals surface area contributed by atoms with Gasteiger partial charge in [-0.15, -0.1) is 0 Å². The van der Waals surface area contributed by atoms with Crippen molar-refractivity contribution in [3.05, 3.63) is 29.8 Å². The number of nitrogens with one attached hydrogen (secondary N) is 1. The van der Waals surface area contributed by atoms with Crippen molar-refractivity contribution in [3.8, 4) is 5.75 Å². The molecule has 1 aromatic rings. The second kappa shape index (κ2) is 6.75. The lowest BCUT2D eigenvalue weighted by atomic mass is 9.87. The molecule has 4 heteroatoms. The van der Waals surface area contributed by atoms with E-state index >= 15 is 0 Å². The molecule has 1 atom stereocenters. The largest absolute Gasteiger partial charge is 0.497 e. The Hall–Kier alpha value is -1.55. The third-order valence-electron chi connectivity index (χ3n) is 3.12. The molecule has 0 radical (unpaired) electrons. The Morgan fingerprint density at radius 2 is 1.85 bits per heavy atom. The van der Waals surface area contributed by atoms with E-state index in [1.54, 1.807) is 21.0 Å². The predicted octanol–water partition coefficient (Wildman–Crippen LogP) is 2.32.